The molecular weight excluding hydrogens is 210 g/mol. The van der Waals surface area contributed by atoms with Crippen molar-refractivity contribution in [2.75, 3.05) is 14.1 Å². The van der Waals surface area contributed by atoms with Gasteiger partial charge in [-0.15, -0.1) is 0 Å². The lowest BCUT2D eigenvalue weighted by molar-refractivity contribution is 0.0305. The Kier molecular flexibility index (Phi) is 4.45. The van der Waals surface area contributed by atoms with E-state index in [1.165, 1.54) is 57.8 Å². The number of likely N-dealkylation sites (N-methyl/N-ethyl adjacent to an activating group) is 1. The fraction of sp³-hybridized carbons (Fsp3) is 1.00. The van der Waals surface area contributed by atoms with Crippen molar-refractivity contribution in [3.05, 3.63) is 0 Å². The largest absolute Gasteiger partial charge is 0.302 e. The van der Waals surface area contributed by atoms with Crippen LogP contribution in [-0.4, -0.2) is 30.6 Å². The Morgan fingerprint density at radius 2 is 1.65 bits per heavy atom. The van der Waals surface area contributed by atoms with Gasteiger partial charge < -0.3 is 4.90 Å². The highest BCUT2D eigenvalue weighted by Gasteiger charge is 2.45. The van der Waals surface area contributed by atoms with Gasteiger partial charge >= 0.3 is 0 Å². The summed E-state index contributed by atoms with van der Waals surface area (Å²) in [5.41, 5.74) is 3.48. The highest BCUT2D eigenvalue weighted by atomic mass is 15.3. The van der Waals surface area contributed by atoms with Crippen molar-refractivity contribution >= 4 is 0 Å². The summed E-state index contributed by atoms with van der Waals surface area (Å²) < 4.78 is 0. The first-order valence-corrected chi connectivity index (χ1v) is 7.34. The molecule has 2 aliphatic carbocycles. The molecule has 1 atom stereocenters. The van der Waals surface area contributed by atoms with Gasteiger partial charge in [0, 0.05) is 11.6 Å². The molecule has 2 rings (SSSR count). The summed E-state index contributed by atoms with van der Waals surface area (Å²) in [7, 11) is 4.49. The van der Waals surface area contributed by atoms with Gasteiger partial charge in [0.1, 0.15) is 0 Å². The van der Waals surface area contributed by atoms with Crippen LogP contribution >= 0.6 is 0 Å². The van der Waals surface area contributed by atoms with Crippen LogP contribution in [0.2, 0.25) is 0 Å². The third-order valence-corrected chi connectivity index (χ3v) is 5.24. The van der Waals surface area contributed by atoms with Crippen molar-refractivity contribution in [3.63, 3.8) is 0 Å². The molecule has 0 aromatic rings. The maximum atomic E-state index is 5.91. The van der Waals surface area contributed by atoms with Crippen molar-refractivity contribution < 1.29 is 0 Å². The van der Waals surface area contributed by atoms with E-state index < -0.39 is 0 Å². The van der Waals surface area contributed by atoms with Crippen LogP contribution < -0.4 is 11.3 Å². The molecule has 100 valence electrons. The van der Waals surface area contributed by atoms with Gasteiger partial charge in [-0.25, -0.2) is 0 Å². The molecule has 2 fully saturated rings. The third-order valence-electron chi connectivity index (χ3n) is 5.24. The molecule has 3 heteroatoms. The van der Waals surface area contributed by atoms with Crippen LogP contribution in [0.4, 0.5) is 0 Å². The van der Waals surface area contributed by atoms with Gasteiger partial charge in [0.2, 0.25) is 0 Å². The van der Waals surface area contributed by atoms with Crippen molar-refractivity contribution in [2.24, 2.45) is 11.8 Å². The zero-order valence-electron chi connectivity index (χ0n) is 11.5. The molecule has 0 spiro atoms. The second-order valence-electron chi connectivity index (χ2n) is 6.25. The fourth-order valence-corrected chi connectivity index (χ4v) is 3.88. The van der Waals surface area contributed by atoms with Gasteiger partial charge in [0.25, 0.3) is 0 Å². The van der Waals surface area contributed by atoms with E-state index in [4.69, 9.17) is 5.84 Å². The van der Waals surface area contributed by atoms with Gasteiger partial charge in [-0.2, -0.15) is 0 Å². The van der Waals surface area contributed by atoms with Gasteiger partial charge in [0.15, 0.2) is 0 Å². The first-order chi connectivity index (χ1) is 8.20. The zero-order valence-corrected chi connectivity index (χ0v) is 11.5. The van der Waals surface area contributed by atoms with E-state index >= 15 is 0 Å². The quantitative estimate of drug-likeness (QED) is 0.449. The zero-order chi connectivity index (χ0) is 12.3. The number of hydrogen-bond acceptors (Lipinski definition) is 3. The number of nitrogens with two attached hydrogens (primary N) is 1. The molecule has 2 saturated carbocycles. The minimum absolute atomic E-state index is 0.302. The second kappa shape index (κ2) is 5.68. The maximum Gasteiger partial charge on any atom is 0.0422 e. The van der Waals surface area contributed by atoms with E-state index in [-0.39, 0.29) is 0 Å². The molecule has 0 saturated heterocycles. The summed E-state index contributed by atoms with van der Waals surface area (Å²) in [6.45, 7) is 0. The Bertz CT molecular complexity index is 228. The fourth-order valence-electron chi connectivity index (χ4n) is 3.88. The Morgan fingerprint density at radius 1 is 1.06 bits per heavy atom. The van der Waals surface area contributed by atoms with Crippen LogP contribution in [0, 0.1) is 5.92 Å². The molecule has 2 aliphatic rings. The topological polar surface area (TPSA) is 41.3 Å². The summed E-state index contributed by atoms with van der Waals surface area (Å²) in [5, 5.41) is 0. The smallest absolute Gasteiger partial charge is 0.0422 e. The number of hydrogen-bond donors (Lipinski definition) is 2. The average Bonchev–Trinajstić information content (AvgIpc) is 2.49. The van der Waals surface area contributed by atoms with E-state index in [2.05, 4.69) is 24.4 Å². The molecule has 3 N–H and O–H groups in total. The maximum absolute atomic E-state index is 5.91. The first-order valence-electron chi connectivity index (χ1n) is 7.34. The van der Waals surface area contributed by atoms with E-state index in [0.717, 1.165) is 5.92 Å². The van der Waals surface area contributed by atoms with Crippen LogP contribution in [0.5, 0.6) is 0 Å². The predicted octanol–water partition coefficient (Wildman–Crippen LogP) is 2.27. The third kappa shape index (κ3) is 2.51. The van der Waals surface area contributed by atoms with Crippen molar-refractivity contribution in [2.45, 2.75) is 69.4 Å². The minimum atomic E-state index is 0.302. The number of nitrogens with zero attached hydrogens (tertiary/aromatic N) is 1. The summed E-state index contributed by atoms with van der Waals surface area (Å²) in [4.78, 5) is 2.46. The van der Waals surface area contributed by atoms with Crippen LogP contribution in [0.15, 0.2) is 0 Å². The molecule has 0 radical (unpaired) electrons. The molecule has 1 unspecified atom stereocenters. The number of rotatable bonds is 4. The van der Waals surface area contributed by atoms with Crippen LogP contribution in [0.3, 0.4) is 0 Å². The Morgan fingerprint density at radius 3 is 2.00 bits per heavy atom. The lowest BCUT2D eigenvalue weighted by Gasteiger charge is -2.50. The van der Waals surface area contributed by atoms with Gasteiger partial charge in [0.05, 0.1) is 0 Å². The molecule has 0 bridgehead atoms. The van der Waals surface area contributed by atoms with E-state index in [9.17, 15) is 0 Å². The Hall–Kier alpha value is -0.120. The van der Waals surface area contributed by atoms with E-state index in [1.54, 1.807) is 0 Å². The van der Waals surface area contributed by atoms with Crippen molar-refractivity contribution in [3.8, 4) is 0 Å². The normalized spacial score (nSPS) is 27.5. The average molecular weight is 239 g/mol. The van der Waals surface area contributed by atoms with E-state index in [1.807, 2.05) is 0 Å². The van der Waals surface area contributed by atoms with Gasteiger partial charge in [-0.3, -0.25) is 11.3 Å². The van der Waals surface area contributed by atoms with Crippen LogP contribution in [0.1, 0.15) is 57.8 Å². The summed E-state index contributed by atoms with van der Waals surface area (Å²) in [6.07, 6.45) is 12.3. The summed E-state index contributed by atoms with van der Waals surface area (Å²) >= 11 is 0. The van der Waals surface area contributed by atoms with Gasteiger partial charge in [-0.05, 0) is 45.7 Å². The number of hydrazine groups is 1. The minimum Gasteiger partial charge on any atom is -0.302 e. The van der Waals surface area contributed by atoms with Gasteiger partial charge in [-0.1, -0.05) is 32.1 Å². The molecule has 17 heavy (non-hydrogen) atoms. The van der Waals surface area contributed by atoms with E-state index in [0.29, 0.717) is 11.6 Å². The summed E-state index contributed by atoms with van der Waals surface area (Å²) in [5.74, 6) is 6.72. The molecule has 0 aromatic carbocycles. The lowest BCUT2D eigenvalue weighted by Crippen LogP contribution is -2.64. The molecule has 0 aliphatic heterocycles. The standard InChI is InChI=1S/C14H29N3/c1-17(2)14(10-5-3-4-6-11-14)13(16-15)12-8-7-9-12/h12-13,16H,3-11,15H2,1-2H3. The van der Waals surface area contributed by atoms with Crippen molar-refractivity contribution in [1.29, 1.82) is 0 Å². The van der Waals surface area contributed by atoms with Crippen molar-refractivity contribution in [1.82, 2.24) is 10.3 Å². The van der Waals surface area contributed by atoms with Crippen LogP contribution in [0.25, 0.3) is 0 Å². The Labute approximate surface area is 106 Å². The second-order valence-corrected chi connectivity index (χ2v) is 6.25. The molecule has 0 heterocycles. The van der Waals surface area contributed by atoms with Crippen LogP contribution in [-0.2, 0) is 0 Å². The first kappa shape index (κ1) is 13.3. The molecular formula is C14H29N3. The molecule has 0 aromatic heterocycles. The highest BCUT2D eigenvalue weighted by Crippen LogP contribution is 2.41. The monoisotopic (exact) mass is 239 g/mol. The Balaban J connectivity index is 2.17. The lowest BCUT2D eigenvalue weighted by atomic mass is 9.68. The molecule has 0 amide bonds. The number of nitrogens with one attached hydrogen (secondary N) is 1. The molecule has 3 nitrogen and oxygen atoms in total. The SMILES string of the molecule is CN(C)C1(C(NN)C2CCC2)CCCCCC1. The predicted molar refractivity (Wildman–Crippen MR) is 72.6 cm³/mol. The summed E-state index contributed by atoms with van der Waals surface area (Å²) in [6, 6.07) is 0.490. The highest BCUT2D eigenvalue weighted by molar-refractivity contribution is 5.03.